The maximum absolute atomic E-state index is 14.3. The zero-order chi connectivity index (χ0) is 25.7. The molecule has 4 nitrogen and oxygen atoms in total. The van der Waals surface area contributed by atoms with Crippen molar-refractivity contribution in [3.8, 4) is 11.1 Å². The molecule has 6 rings (SSSR count). The van der Waals surface area contributed by atoms with Gasteiger partial charge in [-0.15, -0.1) is 0 Å². The van der Waals surface area contributed by atoms with Crippen LogP contribution in [0.2, 0.25) is 0 Å². The lowest BCUT2D eigenvalue weighted by atomic mass is 9.75. The number of ether oxygens (including phenoxy) is 1. The number of rotatable bonds is 4. The van der Waals surface area contributed by atoms with E-state index in [0.717, 1.165) is 34.7 Å². The lowest BCUT2D eigenvalue weighted by molar-refractivity contribution is 0.00631. The molecule has 37 heavy (non-hydrogen) atoms. The second kappa shape index (κ2) is 9.36. The summed E-state index contributed by atoms with van der Waals surface area (Å²) in [5.74, 6) is -5.24. The van der Waals surface area contributed by atoms with E-state index in [4.69, 9.17) is 4.74 Å². The van der Waals surface area contributed by atoms with Gasteiger partial charge in [-0.05, 0) is 66.5 Å². The van der Waals surface area contributed by atoms with Gasteiger partial charge in [-0.3, -0.25) is 4.79 Å². The highest BCUT2D eigenvalue weighted by Crippen LogP contribution is 2.45. The fourth-order valence-corrected chi connectivity index (χ4v) is 6.52. The normalized spacial score (nSPS) is 22.4. The van der Waals surface area contributed by atoms with Crippen molar-refractivity contribution >= 4 is 11.9 Å². The van der Waals surface area contributed by atoms with Crippen molar-refractivity contribution in [3.63, 3.8) is 0 Å². The van der Waals surface area contributed by atoms with Crippen LogP contribution in [-0.2, 0) is 4.74 Å². The number of piperidine rings is 2. The second-order valence-corrected chi connectivity index (χ2v) is 10.2. The van der Waals surface area contributed by atoms with Crippen molar-refractivity contribution in [2.75, 3.05) is 6.61 Å². The average molecular weight is 506 g/mol. The van der Waals surface area contributed by atoms with Crippen LogP contribution in [0.15, 0.2) is 60.7 Å². The third-order valence-corrected chi connectivity index (χ3v) is 8.18. The van der Waals surface area contributed by atoms with Crippen LogP contribution < -0.4 is 0 Å². The highest BCUT2D eigenvalue weighted by Gasteiger charge is 2.45. The number of ketones is 1. The summed E-state index contributed by atoms with van der Waals surface area (Å²) in [6.45, 7) is 0.199. The van der Waals surface area contributed by atoms with E-state index in [1.807, 2.05) is 24.3 Å². The van der Waals surface area contributed by atoms with E-state index in [1.54, 1.807) is 4.90 Å². The van der Waals surface area contributed by atoms with Crippen LogP contribution in [0.1, 0.15) is 59.5 Å². The third-order valence-electron chi connectivity index (χ3n) is 8.18. The van der Waals surface area contributed by atoms with Crippen molar-refractivity contribution in [3.05, 3.63) is 94.8 Å². The minimum absolute atomic E-state index is 0.0609. The molecule has 0 saturated carbocycles. The van der Waals surface area contributed by atoms with Gasteiger partial charge in [0.1, 0.15) is 12.4 Å². The first-order valence-electron chi connectivity index (χ1n) is 12.7. The number of fused-ring (bicyclic) bond motifs is 5. The van der Waals surface area contributed by atoms with Crippen LogP contribution in [-0.4, -0.2) is 35.5 Å². The average Bonchev–Trinajstić information content (AvgIpc) is 3.22. The predicted octanol–water partition coefficient (Wildman–Crippen LogP) is 6.87. The van der Waals surface area contributed by atoms with E-state index in [9.17, 15) is 22.8 Å². The summed E-state index contributed by atoms with van der Waals surface area (Å²) in [5.41, 5.74) is 3.72. The zero-order valence-electron chi connectivity index (χ0n) is 20.1. The molecule has 190 valence electrons. The number of halogens is 3. The molecular formula is C30H26F3NO3. The first kappa shape index (κ1) is 23.8. The lowest BCUT2D eigenvalue weighted by Gasteiger charge is -2.47. The van der Waals surface area contributed by atoms with E-state index in [0.29, 0.717) is 18.9 Å². The molecule has 2 fully saturated rings. The van der Waals surface area contributed by atoms with Gasteiger partial charge >= 0.3 is 6.09 Å². The molecule has 0 radical (unpaired) electrons. The van der Waals surface area contributed by atoms with Gasteiger partial charge in [-0.1, -0.05) is 48.5 Å². The summed E-state index contributed by atoms with van der Waals surface area (Å²) in [6.07, 6.45) is 2.37. The summed E-state index contributed by atoms with van der Waals surface area (Å²) >= 11 is 0. The Bertz CT molecular complexity index is 1330. The van der Waals surface area contributed by atoms with Gasteiger partial charge in [0.25, 0.3) is 0 Å². The van der Waals surface area contributed by atoms with Crippen molar-refractivity contribution in [2.45, 2.75) is 50.1 Å². The maximum atomic E-state index is 14.3. The second-order valence-electron chi connectivity index (χ2n) is 10.2. The monoisotopic (exact) mass is 505 g/mol. The topological polar surface area (TPSA) is 46.6 Å². The Balaban J connectivity index is 1.18. The number of Topliss-reactive ketones (excluding diaryl/α,β-unsaturated/α-hetero) is 1. The number of nitrogens with zero attached hydrogens (tertiary/aromatic N) is 1. The van der Waals surface area contributed by atoms with E-state index >= 15 is 0 Å². The van der Waals surface area contributed by atoms with Crippen molar-refractivity contribution in [2.24, 2.45) is 5.92 Å². The molecule has 3 aliphatic rings. The Labute approximate surface area is 213 Å². The fraction of sp³-hybridized carbons (Fsp3) is 0.333. The molecule has 3 aromatic carbocycles. The molecule has 2 unspecified atom stereocenters. The Kier molecular flexibility index (Phi) is 6.01. The number of hydrogen-bond donors (Lipinski definition) is 0. The number of amides is 1. The van der Waals surface area contributed by atoms with Gasteiger partial charge in [0, 0.05) is 23.9 Å². The van der Waals surface area contributed by atoms with Gasteiger partial charge in [-0.2, -0.15) is 0 Å². The number of carbonyl (C=O) groups is 2. The Hall–Kier alpha value is -3.61. The van der Waals surface area contributed by atoms with Gasteiger partial charge in [0.05, 0.1) is 5.56 Å². The molecule has 0 N–H and O–H groups in total. The smallest absolute Gasteiger partial charge is 0.410 e. The Morgan fingerprint density at radius 3 is 2.00 bits per heavy atom. The summed E-state index contributed by atoms with van der Waals surface area (Å²) in [7, 11) is 0. The molecule has 3 aromatic rings. The van der Waals surface area contributed by atoms with Crippen LogP contribution in [0, 0.1) is 23.4 Å². The van der Waals surface area contributed by atoms with Gasteiger partial charge in [-0.25, -0.2) is 18.0 Å². The molecule has 2 bridgehead atoms. The molecule has 2 aliphatic heterocycles. The van der Waals surface area contributed by atoms with Crippen LogP contribution in [0.3, 0.4) is 0 Å². The highest BCUT2D eigenvalue weighted by atomic mass is 19.2. The van der Waals surface area contributed by atoms with Crippen molar-refractivity contribution in [1.82, 2.24) is 4.90 Å². The van der Waals surface area contributed by atoms with E-state index in [2.05, 4.69) is 24.3 Å². The largest absolute Gasteiger partial charge is 0.448 e. The third kappa shape index (κ3) is 4.01. The first-order valence-corrected chi connectivity index (χ1v) is 12.7. The minimum atomic E-state index is -1.45. The summed E-state index contributed by atoms with van der Waals surface area (Å²) in [5, 5.41) is 0. The molecule has 2 heterocycles. The van der Waals surface area contributed by atoms with E-state index in [-0.39, 0.29) is 37.5 Å². The maximum Gasteiger partial charge on any atom is 0.410 e. The molecule has 1 aliphatic carbocycles. The van der Waals surface area contributed by atoms with Crippen molar-refractivity contribution in [1.29, 1.82) is 0 Å². The van der Waals surface area contributed by atoms with Crippen LogP contribution >= 0.6 is 0 Å². The van der Waals surface area contributed by atoms with Gasteiger partial charge < -0.3 is 9.64 Å². The van der Waals surface area contributed by atoms with Crippen molar-refractivity contribution < 1.29 is 27.5 Å². The number of hydrogen-bond acceptors (Lipinski definition) is 3. The van der Waals surface area contributed by atoms with Crippen LogP contribution in [0.5, 0.6) is 0 Å². The summed E-state index contributed by atoms with van der Waals surface area (Å²) in [6, 6.07) is 17.2. The summed E-state index contributed by atoms with van der Waals surface area (Å²) in [4.78, 5) is 28.1. The van der Waals surface area contributed by atoms with Gasteiger partial charge in [0.2, 0.25) is 0 Å². The Morgan fingerprint density at radius 1 is 0.811 bits per heavy atom. The molecule has 0 spiro atoms. The van der Waals surface area contributed by atoms with Crippen LogP contribution in [0.25, 0.3) is 11.1 Å². The fourth-order valence-electron chi connectivity index (χ4n) is 6.52. The number of benzene rings is 3. The van der Waals surface area contributed by atoms with Gasteiger partial charge in [0.15, 0.2) is 17.4 Å². The molecule has 2 atom stereocenters. The molecule has 7 heteroatoms. The summed E-state index contributed by atoms with van der Waals surface area (Å²) < 4.78 is 48.2. The lowest BCUT2D eigenvalue weighted by Crippen LogP contribution is -2.56. The highest BCUT2D eigenvalue weighted by molar-refractivity contribution is 5.98. The minimum Gasteiger partial charge on any atom is -0.448 e. The SMILES string of the molecule is O=C(c1c(F)ccc(F)c1F)C1CC2CCCC(C1)N2C(=O)OCC1c2ccccc2-c2ccccc21. The molecule has 2 saturated heterocycles. The Morgan fingerprint density at radius 2 is 1.38 bits per heavy atom. The first-order chi connectivity index (χ1) is 17.9. The van der Waals surface area contributed by atoms with Crippen LogP contribution in [0.4, 0.5) is 18.0 Å². The number of carbonyl (C=O) groups excluding carboxylic acids is 2. The molecule has 1 amide bonds. The van der Waals surface area contributed by atoms with E-state index < -0.39 is 40.8 Å². The quantitative estimate of drug-likeness (QED) is 0.287. The van der Waals surface area contributed by atoms with E-state index in [1.165, 1.54) is 0 Å². The zero-order valence-corrected chi connectivity index (χ0v) is 20.1. The standard InChI is InChI=1S/C30H26F3NO3/c31-25-12-13-26(32)28(33)27(25)29(35)17-14-18-6-5-7-19(15-17)34(18)30(36)37-16-24-22-10-3-1-8-20(22)21-9-2-4-11-23(21)24/h1-4,8-13,17-19,24H,5-7,14-16H2. The molecule has 0 aromatic heterocycles. The molecular weight excluding hydrogens is 479 g/mol. The predicted molar refractivity (Wildman–Crippen MR) is 132 cm³/mol.